The number of ether oxygens (including phenoxy) is 2. The predicted octanol–water partition coefficient (Wildman–Crippen LogP) is 4.41. The van der Waals surface area contributed by atoms with Crippen molar-refractivity contribution in [2.75, 3.05) is 37.9 Å². The average molecular weight is 761 g/mol. The van der Waals surface area contributed by atoms with Crippen LogP contribution in [-0.4, -0.2) is 80.9 Å². The van der Waals surface area contributed by atoms with Gasteiger partial charge in [-0.1, -0.05) is 18.2 Å². The molecule has 286 valence electrons. The fourth-order valence-corrected chi connectivity index (χ4v) is 7.96. The standard InChI is InChI=1S/C41H37FN6O8/c1-2-45-19-27(37(49)26-15-35-36(17-32(26)45)56-21-55-35)39(51)44-31(13-22-18-43-30-6-4-3-5-24(22)30)40(52)47-11-9-46(10-12-47)34-16-33-25(14-29(34)42)38(50)28(41(53)54)20-48(33)23-7-8-23/h3-6,14-20,23,31,43H,2,7-13,21H2,1H3,(H,44,51)(H,53,54)/t31-/m0/s1. The Labute approximate surface area is 317 Å². The lowest BCUT2D eigenvalue weighted by Gasteiger charge is -2.38. The quantitative estimate of drug-likeness (QED) is 0.194. The molecular formula is C41H37FN6O8. The summed E-state index contributed by atoms with van der Waals surface area (Å²) < 4.78 is 30.3. The van der Waals surface area contributed by atoms with Gasteiger partial charge in [-0.2, -0.15) is 0 Å². The number of pyridine rings is 2. The molecule has 14 nitrogen and oxygen atoms in total. The van der Waals surface area contributed by atoms with Gasteiger partial charge in [0.1, 0.15) is 23.0 Å². The molecule has 1 saturated heterocycles. The number of carboxylic acids is 1. The molecule has 0 bridgehead atoms. The summed E-state index contributed by atoms with van der Waals surface area (Å²) in [6.45, 7) is 3.30. The van der Waals surface area contributed by atoms with Crippen LogP contribution in [-0.2, 0) is 17.8 Å². The van der Waals surface area contributed by atoms with E-state index in [1.54, 1.807) is 43.3 Å². The molecule has 3 aromatic carbocycles. The molecule has 5 heterocycles. The Bertz CT molecular complexity index is 2740. The van der Waals surface area contributed by atoms with Gasteiger partial charge in [-0.15, -0.1) is 0 Å². The number of amides is 2. The maximum absolute atomic E-state index is 15.7. The van der Waals surface area contributed by atoms with Gasteiger partial charge in [0, 0.05) is 86.1 Å². The van der Waals surface area contributed by atoms with Crippen molar-refractivity contribution in [3.63, 3.8) is 0 Å². The number of fused-ring (bicyclic) bond motifs is 4. The van der Waals surface area contributed by atoms with Crippen molar-refractivity contribution in [2.45, 2.75) is 44.8 Å². The van der Waals surface area contributed by atoms with E-state index in [1.165, 1.54) is 12.4 Å². The zero-order valence-corrected chi connectivity index (χ0v) is 30.3. The third-order valence-corrected chi connectivity index (χ3v) is 11.1. The molecule has 1 aliphatic carbocycles. The predicted molar refractivity (Wildman–Crippen MR) is 205 cm³/mol. The third-order valence-electron chi connectivity index (χ3n) is 11.1. The van der Waals surface area contributed by atoms with Crippen LogP contribution in [0.3, 0.4) is 0 Å². The molecule has 3 aromatic heterocycles. The minimum atomic E-state index is -1.36. The summed E-state index contributed by atoms with van der Waals surface area (Å²) in [7, 11) is 0. The van der Waals surface area contributed by atoms with Crippen molar-refractivity contribution in [1.82, 2.24) is 24.3 Å². The van der Waals surface area contributed by atoms with Crippen molar-refractivity contribution in [2.24, 2.45) is 0 Å². The van der Waals surface area contributed by atoms with Crippen LogP contribution in [0.2, 0.25) is 0 Å². The molecule has 2 aliphatic heterocycles. The number of aromatic nitrogens is 3. The molecular weight excluding hydrogens is 723 g/mol. The Balaban J connectivity index is 1.00. The second-order valence-corrected chi connectivity index (χ2v) is 14.4. The van der Waals surface area contributed by atoms with E-state index in [1.807, 2.05) is 31.2 Å². The Hall–Kier alpha value is -6.64. The largest absolute Gasteiger partial charge is 0.477 e. The number of para-hydroxylation sites is 1. The van der Waals surface area contributed by atoms with E-state index in [-0.39, 0.29) is 73.4 Å². The Morgan fingerprint density at radius 1 is 0.911 bits per heavy atom. The first-order valence-electron chi connectivity index (χ1n) is 18.6. The number of hydrogen-bond donors (Lipinski definition) is 3. The summed E-state index contributed by atoms with van der Waals surface area (Å²) in [5.74, 6) is -2.16. The fourth-order valence-electron chi connectivity index (χ4n) is 7.96. The highest BCUT2D eigenvalue weighted by Gasteiger charge is 2.33. The van der Waals surface area contributed by atoms with Gasteiger partial charge in [0.25, 0.3) is 5.91 Å². The number of halogens is 1. The van der Waals surface area contributed by atoms with Crippen LogP contribution in [0, 0.1) is 5.82 Å². The first kappa shape index (κ1) is 35.1. The summed E-state index contributed by atoms with van der Waals surface area (Å²) >= 11 is 0. The molecule has 2 fully saturated rings. The van der Waals surface area contributed by atoms with Gasteiger partial charge in [0.15, 0.2) is 11.5 Å². The normalized spacial score (nSPS) is 15.8. The lowest BCUT2D eigenvalue weighted by atomic mass is 10.0. The van der Waals surface area contributed by atoms with Crippen LogP contribution in [0.4, 0.5) is 10.1 Å². The van der Waals surface area contributed by atoms with Gasteiger partial charge >= 0.3 is 5.97 Å². The Morgan fingerprint density at radius 2 is 1.62 bits per heavy atom. The number of piperazine rings is 1. The summed E-state index contributed by atoms with van der Waals surface area (Å²) in [6.07, 6.45) is 6.43. The molecule has 3 N–H and O–H groups in total. The molecule has 0 unspecified atom stereocenters. The lowest BCUT2D eigenvalue weighted by molar-refractivity contribution is -0.133. The van der Waals surface area contributed by atoms with Crippen LogP contribution in [0.5, 0.6) is 11.5 Å². The SMILES string of the molecule is CCn1cc(C(=O)N[C@@H](Cc2c[nH]c3ccccc23)C(=O)N2CCN(c3cc4c(cc3F)c(=O)c(C(=O)O)cn4C3CC3)CC2)c(=O)c2cc3c(cc21)OCO3. The molecule has 3 aliphatic rings. The highest BCUT2D eigenvalue weighted by molar-refractivity contribution is 6.00. The number of aromatic carboxylic acids is 1. The summed E-state index contributed by atoms with van der Waals surface area (Å²) in [5.41, 5.74) is 1.21. The molecule has 0 radical (unpaired) electrons. The Morgan fingerprint density at radius 3 is 2.36 bits per heavy atom. The van der Waals surface area contributed by atoms with Gasteiger partial charge in [-0.25, -0.2) is 9.18 Å². The van der Waals surface area contributed by atoms with Crippen LogP contribution in [0.15, 0.2) is 76.7 Å². The van der Waals surface area contributed by atoms with Gasteiger partial charge in [-0.3, -0.25) is 19.2 Å². The molecule has 56 heavy (non-hydrogen) atoms. The number of nitrogens with one attached hydrogen (secondary N) is 2. The maximum Gasteiger partial charge on any atom is 0.341 e. The average Bonchev–Trinajstić information content (AvgIpc) is 3.81. The summed E-state index contributed by atoms with van der Waals surface area (Å²) in [4.78, 5) is 73.8. The smallest absolute Gasteiger partial charge is 0.341 e. The van der Waals surface area contributed by atoms with Gasteiger partial charge < -0.3 is 43.8 Å². The maximum atomic E-state index is 15.7. The monoisotopic (exact) mass is 760 g/mol. The second-order valence-electron chi connectivity index (χ2n) is 14.4. The number of aryl methyl sites for hydroxylation is 1. The van der Waals surface area contributed by atoms with Crippen LogP contribution >= 0.6 is 0 Å². The van der Waals surface area contributed by atoms with Gasteiger partial charge in [0.05, 0.1) is 22.1 Å². The number of carboxylic acid groups (broad SMARTS) is 1. The van der Waals surface area contributed by atoms with Gasteiger partial charge in [0.2, 0.25) is 23.6 Å². The molecule has 2 amide bonds. The van der Waals surface area contributed by atoms with Crippen molar-refractivity contribution < 1.29 is 33.4 Å². The molecule has 6 aromatic rings. The number of nitrogens with zero attached hydrogens (tertiary/aromatic N) is 4. The second kappa shape index (κ2) is 13.6. The number of carbonyl (C=O) groups excluding carboxylic acids is 2. The summed E-state index contributed by atoms with van der Waals surface area (Å²) in [6, 6.07) is 12.6. The number of anilines is 1. The van der Waals surface area contributed by atoms with E-state index in [9.17, 15) is 29.1 Å². The number of carbonyl (C=O) groups is 3. The number of H-pyrrole nitrogens is 1. The number of benzene rings is 3. The zero-order chi connectivity index (χ0) is 38.8. The number of aromatic amines is 1. The van der Waals surface area contributed by atoms with Gasteiger partial charge in [-0.05, 0) is 49.6 Å². The first-order valence-corrected chi connectivity index (χ1v) is 18.6. The van der Waals surface area contributed by atoms with Crippen LogP contribution < -0.4 is 30.5 Å². The number of rotatable bonds is 9. The van der Waals surface area contributed by atoms with E-state index in [2.05, 4.69) is 10.3 Å². The topological polar surface area (TPSA) is 168 Å². The molecule has 1 saturated carbocycles. The molecule has 1 atom stereocenters. The van der Waals surface area contributed by atoms with Crippen molar-refractivity contribution in [3.05, 3.63) is 110 Å². The Kier molecular flexibility index (Phi) is 8.51. The minimum absolute atomic E-state index is 0.00564. The highest BCUT2D eigenvalue weighted by Crippen LogP contribution is 2.38. The van der Waals surface area contributed by atoms with Crippen molar-refractivity contribution in [1.29, 1.82) is 0 Å². The molecule has 9 rings (SSSR count). The van der Waals surface area contributed by atoms with E-state index >= 15 is 4.39 Å². The molecule has 0 spiro atoms. The number of hydrogen-bond acceptors (Lipinski definition) is 8. The minimum Gasteiger partial charge on any atom is -0.477 e. The van der Waals surface area contributed by atoms with E-state index in [4.69, 9.17) is 9.47 Å². The van der Waals surface area contributed by atoms with E-state index < -0.39 is 40.2 Å². The summed E-state index contributed by atoms with van der Waals surface area (Å²) in [5, 5.41) is 13.7. The van der Waals surface area contributed by atoms with Crippen LogP contribution in [0.1, 0.15) is 52.1 Å². The van der Waals surface area contributed by atoms with E-state index in [0.29, 0.717) is 29.1 Å². The first-order chi connectivity index (χ1) is 27.1. The highest BCUT2D eigenvalue weighted by atomic mass is 19.1. The fraction of sp³-hybridized carbons (Fsp3) is 0.293. The third kappa shape index (κ3) is 5.99. The van der Waals surface area contributed by atoms with E-state index in [0.717, 1.165) is 35.4 Å². The lowest BCUT2D eigenvalue weighted by Crippen LogP contribution is -2.56. The molecule has 15 heteroatoms. The van der Waals surface area contributed by atoms with Crippen molar-refractivity contribution in [3.8, 4) is 11.5 Å². The van der Waals surface area contributed by atoms with Crippen molar-refractivity contribution >= 4 is 56.2 Å². The van der Waals surface area contributed by atoms with Crippen LogP contribution in [0.25, 0.3) is 32.7 Å². The zero-order valence-electron chi connectivity index (χ0n) is 30.3.